The average Bonchev–Trinajstić information content (AvgIpc) is 2.84. The van der Waals surface area contributed by atoms with Crippen molar-refractivity contribution in [3.63, 3.8) is 0 Å². The summed E-state index contributed by atoms with van der Waals surface area (Å²) in [5.74, 6) is 5.87. The molecule has 0 aromatic carbocycles. The fraction of sp³-hybridized carbons (Fsp3) is 0.462. The fourth-order valence-electron chi connectivity index (χ4n) is 3.73. The van der Waals surface area contributed by atoms with Gasteiger partial charge in [0.15, 0.2) is 0 Å². The number of aromatic nitrogens is 2. The highest BCUT2D eigenvalue weighted by atomic mass is 16.5. The topological polar surface area (TPSA) is 99.1 Å². The highest BCUT2D eigenvalue weighted by molar-refractivity contribution is 5.97. The van der Waals surface area contributed by atoms with Gasteiger partial charge in [-0.25, -0.2) is 4.98 Å². The van der Waals surface area contributed by atoms with E-state index in [0.29, 0.717) is 18.7 Å². The Morgan fingerprint density at radius 3 is 2.60 bits per heavy atom. The molecule has 0 bridgehead atoms. The van der Waals surface area contributed by atoms with Gasteiger partial charge in [0, 0.05) is 49.2 Å². The number of pyridine rings is 2. The monoisotopic (exact) mass is 479 g/mol. The van der Waals surface area contributed by atoms with Crippen LogP contribution >= 0.6 is 0 Å². The number of amides is 2. The quantitative estimate of drug-likeness (QED) is 0.620. The molecular formula is C26H33N5O4. The van der Waals surface area contributed by atoms with E-state index in [2.05, 4.69) is 21.8 Å². The van der Waals surface area contributed by atoms with Crippen molar-refractivity contribution in [2.45, 2.75) is 26.0 Å². The Bertz CT molecular complexity index is 1100. The SMILES string of the molecule is C[C@H]1CN([C@@H](C)CO)C(=O)c2cc(C#Cc3ccncc3)cnc2O[C@H]1CN(C)C(=O)CN(C)C. The van der Waals surface area contributed by atoms with Crippen LogP contribution in [0.4, 0.5) is 0 Å². The zero-order chi connectivity index (χ0) is 25.5. The van der Waals surface area contributed by atoms with Gasteiger partial charge in [-0.2, -0.15) is 0 Å². The molecular weight excluding hydrogens is 446 g/mol. The molecule has 2 aromatic heterocycles. The van der Waals surface area contributed by atoms with Crippen molar-refractivity contribution in [1.82, 2.24) is 24.7 Å². The molecule has 0 spiro atoms. The molecule has 2 amide bonds. The summed E-state index contributed by atoms with van der Waals surface area (Å²) in [7, 11) is 5.43. The third kappa shape index (κ3) is 6.78. The number of aliphatic hydroxyl groups excluding tert-OH is 1. The van der Waals surface area contributed by atoms with Gasteiger partial charge in [-0.15, -0.1) is 0 Å². The van der Waals surface area contributed by atoms with Crippen LogP contribution in [0.1, 0.15) is 35.3 Å². The summed E-state index contributed by atoms with van der Waals surface area (Å²) in [5.41, 5.74) is 1.65. The number of hydrogen-bond acceptors (Lipinski definition) is 7. The van der Waals surface area contributed by atoms with E-state index in [1.807, 2.05) is 25.9 Å². The number of ether oxygens (including phenoxy) is 1. The molecule has 0 fully saturated rings. The van der Waals surface area contributed by atoms with E-state index in [9.17, 15) is 14.7 Å². The molecule has 2 aromatic rings. The van der Waals surface area contributed by atoms with Crippen molar-refractivity contribution in [3.05, 3.63) is 53.5 Å². The maximum Gasteiger partial charge on any atom is 0.259 e. The Labute approximate surface area is 206 Å². The first-order chi connectivity index (χ1) is 16.7. The number of carbonyl (C=O) groups is 2. The number of carbonyl (C=O) groups excluding carboxylic acids is 2. The molecule has 9 nitrogen and oxygen atoms in total. The molecule has 0 aliphatic carbocycles. The second kappa shape index (κ2) is 11.8. The Morgan fingerprint density at radius 2 is 1.94 bits per heavy atom. The summed E-state index contributed by atoms with van der Waals surface area (Å²) in [6.45, 7) is 4.60. The van der Waals surface area contributed by atoms with Crippen LogP contribution in [0.25, 0.3) is 0 Å². The zero-order valence-electron chi connectivity index (χ0n) is 20.9. The normalized spacial score (nSPS) is 18.5. The lowest BCUT2D eigenvalue weighted by atomic mass is 10.00. The van der Waals surface area contributed by atoms with Gasteiger partial charge in [0.05, 0.1) is 25.7 Å². The Kier molecular flexibility index (Phi) is 8.79. The summed E-state index contributed by atoms with van der Waals surface area (Å²) in [6.07, 6.45) is 4.50. The van der Waals surface area contributed by atoms with Gasteiger partial charge in [0.2, 0.25) is 11.8 Å². The van der Waals surface area contributed by atoms with Crippen molar-refractivity contribution < 1.29 is 19.4 Å². The van der Waals surface area contributed by atoms with Gasteiger partial charge in [-0.05, 0) is 39.2 Å². The molecule has 3 rings (SSSR count). The summed E-state index contributed by atoms with van der Waals surface area (Å²) in [5, 5.41) is 9.81. The molecule has 3 heterocycles. The molecule has 35 heavy (non-hydrogen) atoms. The lowest BCUT2D eigenvalue weighted by molar-refractivity contribution is -0.132. The summed E-state index contributed by atoms with van der Waals surface area (Å²) >= 11 is 0. The smallest absolute Gasteiger partial charge is 0.259 e. The molecule has 186 valence electrons. The minimum atomic E-state index is -0.396. The summed E-state index contributed by atoms with van der Waals surface area (Å²) in [4.78, 5) is 39.5. The molecule has 1 N–H and O–H groups in total. The van der Waals surface area contributed by atoms with Crippen LogP contribution in [0.2, 0.25) is 0 Å². The lowest BCUT2D eigenvalue weighted by Crippen LogP contribution is -2.51. The fourth-order valence-corrected chi connectivity index (χ4v) is 3.73. The lowest BCUT2D eigenvalue weighted by Gasteiger charge is -2.37. The van der Waals surface area contributed by atoms with Crippen LogP contribution in [0.5, 0.6) is 5.88 Å². The van der Waals surface area contributed by atoms with E-state index in [4.69, 9.17) is 4.74 Å². The van der Waals surface area contributed by atoms with Crippen LogP contribution < -0.4 is 4.74 Å². The van der Waals surface area contributed by atoms with Crippen molar-refractivity contribution in [1.29, 1.82) is 0 Å². The maximum atomic E-state index is 13.5. The molecule has 0 saturated carbocycles. The number of hydrogen-bond donors (Lipinski definition) is 1. The second-order valence-electron chi connectivity index (χ2n) is 9.20. The van der Waals surface area contributed by atoms with E-state index in [0.717, 1.165) is 5.56 Å². The van der Waals surface area contributed by atoms with Crippen LogP contribution in [0.3, 0.4) is 0 Å². The zero-order valence-corrected chi connectivity index (χ0v) is 20.9. The average molecular weight is 480 g/mol. The van der Waals surface area contributed by atoms with E-state index >= 15 is 0 Å². The molecule has 1 aliphatic rings. The van der Waals surface area contributed by atoms with E-state index in [1.54, 1.807) is 60.6 Å². The van der Waals surface area contributed by atoms with Crippen LogP contribution in [-0.2, 0) is 4.79 Å². The van der Waals surface area contributed by atoms with Gasteiger partial charge < -0.3 is 24.5 Å². The molecule has 1 aliphatic heterocycles. The van der Waals surface area contributed by atoms with Crippen molar-refractivity contribution in [3.8, 4) is 17.7 Å². The first-order valence-electron chi connectivity index (χ1n) is 11.6. The second-order valence-corrected chi connectivity index (χ2v) is 9.20. The van der Waals surface area contributed by atoms with Gasteiger partial charge in [-0.3, -0.25) is 14.6 Å². The van der Waals surface area contributed by atoms with Crippen molar-refractivity contribution >= 4 is 11.8 Å². The third-order valence-corrected chi connectivity index (χ3v) is 5.88. The summed E-state index contributed by atoms with van der Waals surface area (Å²) in [6, 6.07) is 4.88. The number of aliphatic hydroxyl groups is 1. The Morgan fingerprint density at radius 1 is 1.26 bits per heavy atom. The minimum Gasteiger partial charge on any atom is -0.472 e. The predicted octanol–water partition coefficient (Wildman–Crippen LogP) is 1.12. The Hall–Kier alpha value is -3.48. The van der Waals surface area contributed by atoms with Gasteiger partial charge in [0.25, 0.3) is 5.91 Å². The molecule has 3 atom stereocenters. The number of likely N-dealkylation sites (N-methyl/N-ethyl adjacent to an activating group) is 2. The molecule has 0 saturated heterocycles. The van der Waals surface area contributed by atoms with Crippen LogP contribution in [0.15, 0.2) is 36.8 Å². The van der Waals surface area contributed by atoms with Gasteiger partial charge in [0.1, 0.15) is 11.7 Å². The van der Waals surface area contributed by atoms with E-state index in [-0.39, 0.29) is 42.3 Å². The Balaban J connectivity index is 1.95. The number of fused-ring (bicyclic) bond motifs is 1. The van der Waals surface area contributed by atoms with Gasteiger partial charge >= 0.3 is 0 Å². The van der Waals surface area contributed by atoms with Crippen LogP contribution in [-0.4, -0.2) is 101 Å². The van der Waals surface area contributed by atoms with E-state index in [1.165, 1.54) is 0 Å². The van der Waals surface area contributed by atoms with Crippen molar-refractivity contribution in [2.75, 3.05) is 47.4 Å². The molecule has 0 unspecified atom stereocenters. The number of rotatable bonds is 6. The van der Waals surface area contributed by atoms with E-state index < -0.39 is 12.1 Å². The maximum absolute atomic E-state index is 13.5. The van der Waals surface area contributed by atoms with Crippen molar-refractivity contribution in [2.24, 2.45) is 5.92 Å². The highest BCUT2D eigenvalue weighted by Crippen LogP contribution is 2.27. The van der Waals surface area contributed by atoms with Crippen LogP contribution in [0, 0.1) is 17.8 Å². The van der Waals surface area contributed by atoms with Gasteiger partial charge in [-0.1, -0.05) is 18.8 Å². The standard InChI is InChI=1S/C26H33N5O4/c1-18-14-31(19(2)17-32)26(34)22-12-21(7-6-20-8-10-27-11-9-20)13-28-25(22)35-23(18)15-30(5)24(33)16-29(3)4/h8-13,18-19,23,32H,14-17H2,1-5H3/t18-,19-,23-/m0/s1. The third-order valence-electron chi connectivity index (χ3n) is 5.88. The minimum absolute atomic E-state index is 0.0283. The largest absolute Gasteiger partial charge is 0.472 e. The summed E-state index contributed by atoms with van der Waals surface area (Å²) < 4.78 is 6.24. The molecule has 9 heteroatoms. The number of nitrogens with zero attached hydrogens (tertiary/aromatic N) is 5. The first-order valence-corrected chi connectivity index (χ1v) is 11.6. The highest BCUT2D eigenvalue weighted by Gasteiger charge is 2.34. The predicted molar refractivity (Wildman–Crippen MR) is 132 cm³/mol. The molecule has 0 radical (unpaired) electrons. The first kappa shape index (κ1) is 26.1.